The largest absolute Gasteiger partial charge is 0.382 e. The molecule has 1 aromatic carbocycles. The van der Waals surface area contributed by atoms with E-state index in [-0.39, 0.29) is 17.4 Å². The number of pyridine rings is 1. The molecule has 1 N–H and O–H groups in total. The molecule has 0 saturated carbocycles. The highest BCUT2D eigenvalue weighted by molar-refractivity contribution is 6.06. The van der Waals surface area contributed by atoms with E-state index in [1.165, 1.54) is 12.1 Å². The average molecular weight is 387 g/mol. The van der Waals surface area contributed by atoms with Crippen LogP contribution in [0.15, 0.2) is 34.9 Å². The first-order chi connectivity index (χ1) is 13.6. The van der Waals surface area contributed by atoms with Crippen LogP contribution in [-0.4, -0.2) is 49.5 Å². The van der Waals surface area contributed by atoms with E-state index in [0.717, 1.165) is 0 Å². The lowest BCUT2D eigenvalue weighted by Crippen LogP contribution is -2.25. The van der Waals surface area contributed by atoms with Gasteiger partial charge in [-0.15, -0.1) is 0 Å². The van der Waals surface area contributed by atoms with E-state index >= 15 is 0 Å². The minimum atomic E-state index is -0.342. The van der Waals surface area contributed by atoms with Crippen molar-refractivity contribution >= 4 is 17.0 Å². The van der Waals surface area contributed by atoms with Crippen molar-refractivity contribution in [2.75, 3.05) is 33.5 Å². The number of hydrogen-bond donors (Lipinski definition) is 1. The Morgan fingerprint density at radius 2 is 2.00 bits per heavy atom. The lowest BCUT2D eigenvalue weighted by molar-refractivity contribution is 0.0688. The van der Waals surface area contributed by atoms with Crippen LogP contribution in [-0.2, 0) is 9.47 Å². The summed E-state index contributed by atoms with van der Waals surface area (Å²) < 4.78 is 28.8. The van der Waals surface area contributed by atoms with Gasteiger partial charge in [-0.1, -0.05) is 5.16 Å². The Balaban J connectivity index is 1.76. The molecule has 0 atom stereocenters. The van der Waals surface area contributed by atoms with Gasteiger partial charge in [-0.3, -0.25) is 4.79 Å². The van der Waals surface area contributed by atoms with Gasteiger partial charge in [0.25, 0.3) is 11.6 Å². The molecule has 0 radical (unpaired) electrons. The number of carbonyl (C=O) groups excluding carboxylic acids is 1. The first-order valence-electron chi connectivity index (χ1n) is 8.98. The first kappa shape index (κ1) is 19.9. The molecule has 3 rings (SSSR count). The van der Waals surface area contributed by atoms with Crippen molar-refractivity contribution in [3.05, 3.63) is 47.4 Å². The van der Waals surface area contributed by atoms with E-state index in [1.807, 2.05) is 0 Å². The van der Waals surface area contributed by atoms with Crippen LogP contribution in [0.5, 0.6) is 0 Å². The molecule has 0 aliphatic rings. The van der Waals surface area contributed by atoms with Gasteiger partial charge in [0.2, 0.25) is 0 Å². The number of aryl methyl sites for hydroxylation is 1. The molecule has 7 nitrogen and oxygen atoms in total. The van der Waals surface area contributed by atoms with E-state index in [2.05, 4.69) is 15.5 Å². The summed E-state index contributed by atoms with van der Waals surface area (Å²) >= 11 is 0. The number of amides is 1. The van der Waals surface area contributed by atoms with Crippen LogP contribution in [0, 0.1) is 12.7 Å². The van der Waals surface area contributed by atoms with Gasteiger partial charge in [-0.2, -0.15) is 0 Å². The van der Waals surface area contributed by atoms with Gasteiger partial charge in [0.05, 0.1) is 35.6 Å². The molecule has 148 valence electrons. The maximum absolute atomic E-state index is 13.2. The standard InChI is InChI=1S/C20H22FN3O4/c1-13-18-16(19(25)22-8-3-9-27-11-10-26-2)12-17(23-20(18)28-24-13)14-4-6-15(21)7-5-14/h4-7,12H,3,8-11H2,1-2H3,(H,22,25). The molecular formula is C20H22FN3O4. The average Bonchev–Trinajstić information content (AvgIpc) is 3.08. The monoisotopic (exact) mass is 387 g/mol. The van der Waals surface area contributed by atoms with Gasteiger partial charge in [0, 0.05) is 25.8 Å². The summed E-state index contributed by atoms with van der Waals surface area (Å²) in [6.07, 6.45) is 0.678. The number of halogens is 1. The number of aromatic nitrogens is 2. The zero-order valence-electron chi connectivity index (χ0n) is 15.8. The van der Waals surface area contributed by atoms with Gasteiger partial charge in [0.1, 0.15) is 5.82 Å². The normalized spacial score (nSPS) is 11.1. The van der Waals surface area contributed by atoms with Gasteiger partial charge in [-0.25, -0.2) is 9.37 Å². The Bertz CT molecular complexity index is 941. The third-order valence-electron chi connectivity index (χ3n) is 4.18. The number of rotatable bonds is 9. The molecule has 0 unspecified atom stereocenters. The summed E-state index contributed by atoms with van der Waals surface area (Å²) in [7, 11) is 1.62. The maximum atomic E-state index is 13.2. The molecule has 0 bridgehead atoms. The van der Waals surface area contributed by atoms with Crippen molar-refractivity contribution in [3.8, 4) is 11.3 Å². The number of hydrogen-bond acceptors (Lipinski definition) is 6. The fraction of sp³-hybridized carbons (Fsp3) is 0.350. The van der Waals surface area contributed by atoms with Crippen LogP contribution in [0.2, 0.25) is 0 Å². The number of nitrogens with one attached hydrogen (secondary N) is 1. The second-order valence-corrected chi connectivity index (χ2v) is 6.22. The summed E-state index contributed by atoms with van der Waals surface area (Å²) in [5, 5.41) is 7.37. The van der Waals surface area contributed by atoms with Gasteiger partial charge in [-0.05, 0) is 43.7 Å². The van der Waals surface area contributed by atoms with Crippen LogP contribution < -0.4 is 5.32 Å². The predicted molar refractivity (Wildman–Crippen MR) is 102 cm³/mol. The molecule has 2 heterocycles. The minimum absolute atomic E-state index is 0.251. The summed E-state index contributed by atoms with van der Waals surface area (Å²) in [5.41, 5.74) is 2.46. The van der Waals surface area contributed by atoms with Gasteiger partial charge < -0.3 is 19.3 Å². The van der Waals surface area contributed by atoms with Crippen molar-refractivity contribution in [2.24, 2.45) is 0 Å². The fourth-order valence-electron chi connectivity index (χ4n) is 2.76. The molecule has 8 heteroatoms. The second kappa shape index (κ2) is 9.38. The highest BCUT2D eigenvalue weighted by atomic mass is 19.1. The summed E-state index contributed by atoms with van der Waals surface area (Å²) in [6.45, 7) is 3.82. The van der Waals surface area contributed by atoms with E-state index in [0.29, 0.717) is 60.7 Å². The van der Waals surface area contributed by atoms with Crippen molar-refractivity contribution in [1.82, 2.24) is 15.5 Å². The van der Waals surface area contributed by atoms with Crippen molar-refractivity contribution in [3.63, 3.8) is 0 Å². The molecule has 3 aromatic rings. The Labute approximate surface area is 161 Å². The molecule has 2 aromatic heterocycles. The van der Waals surface area contributed by atoms with Crippen molar-refractivity contribution in [1.29, 1.82) is 0 Å². The molecule has 0 fully saturated rings. The van der Waals surface area contributed by atoms with Crippen LogP contribution in [0.1, 0.15) is 22.5 Å². The van der Waals surface area contributed by atoms with Crippen LogP contribution in [0.4, 0.5) is 4.39 Å². The van der Waals surface area contributed by atoms with Crippen molar-refractivity contribution in [2.45, 2.75) is 13.3 Å². The zero-order valence-corrected chi connectivity index (χ0v) is 15.8. The number of fused-ring (bicyclic) bond motifs is 1. The lowest BCUT2D eigenvalue weighted by Gasteiger charge is -2.09. The van der Waals surface area contributed by atoms with E-state index in [4.69, 9.17) is 14.0 Å². The Morgan fingerprint density at radius 1 is 1.21 bits per heavy atom. The van der Waals surface area contributed by atoms with E-state index in [1.54, 1.807) is 32.2 Å². The number of ether oxygens (including phenoxy) is 2. The topological polar surface area (TPSA) is 86.5 Å². The number of methoxy groups -OCH3 is 1. The summed E-state index contributed by atoms with van der Waals surface area (Å²) in [5.74, 6) is -0.593. The third-order valence-corrected chi connectivity index (χ3v) is 4.18. The second-order valence-electron chi connectivity index (χ2n) is 6.22. The Kier molecular flexibility index (Phi) is 6.67. The van der Waals surface area contributed by atoms with Crippen LogP contribution >= 0.6 is 0 Å². The van der Waals surface area contributed by atoms with Crippen LogP contribution in [0.3, 0.4) is 0 Å². The number of nitrogens with zero attached hydrogens (tertiary/aromatic N) is 2. The fourth-order valence-corrected chi connectivity index (χ4v) is 2.76. The Morgan fingerprint density at radius 3 is 2.75 bits per heavy atom. The van der Waals surface area contributed by atoms with Crippen LogP contribution in [0.25, 0.3) is 22.4 Å². The maximum Gasteiger partial charge on any atom is 0.259 e. The SMILES string of the molecule is COCCOCCCNC(=O)c1cc(-c2ccc(F)cc2)nc2onc(C)c12. The quantitative estimate of drug-likeness (QED) is 0.568. The molecule has 1 amide bonds. The lowest BCUT2D eigenvalue weighted by atomic mass is 10.0. The molecule has 0 aliphatic heterocycles. The smallest absolute Gasteiger partial charge is 0.259 e. The Hall–Kier alpha value is -2.84. The highest BCUT2D eigenvalue weighted by Gasteiger charge is 2.19. The first-order valence-corrected chi connectivity index (χ1v) is 8.98. The molecule has 0 aliphatic carbocycles. The highest BCUT2D eigenvalue weighted by Crippen LogP contribution is 2.27. The van der Waals surface area contributed by atoms with Gasteiger partial charge >= 0.3 is 0 Å². The molecule has 0 spiro atoms. The van der Waals surface area contributed by atoms with E-state index < -0.39 is 0 Å². The number of carbonyl (C=O) groups is 1. The number of benzene rings is 1. The third kappa shape index (κ3) is 4.71. The summed E-state index contributed by atoms with van der Waals surface area (Å²) in [4.78, 5) is 17.2. The van der Waals surface area contributed by atoms with Crippen molar-refractivity contribution < 1.29 is 23.2 Å². The summed E-state index contributed by atoms with van der Waals surface area (Å²) in [6, 6.07) is 7.56. The molecule has 28 heavy (non-hydrogen) atoms. The van der Waals surface area contributed by atoms with Gasteiger partial charge in [0.15, 0.2) is 0 Å². The zero-order chi connectivity index (χ0) is 19.9. The molecule has 0 saturated heterocycles. The minimum Gasteiger partial charge on any atom is -0.382 e. The predicted octanol–water partition coefficient (Wildman–Crippen LogP) is 3.12. The molecular weight excluding hydrogens is 365 g/mol. The van der Waals surface area contributed by atoms with E-state index in [9.17, 15) is 9.18 Å².